The smallest absolute Gasteiger partial charge is 0.450 e. The van der Waals surface area contributed by atoms with Gasteiger partial charge in [-0.15, -0.1) is 0 Å². The maximum atomic E-state index is 12.4. The molecule has 7 nitrogen and oxygen atoms in total. The predicted molar refractivity (Wildman–Crippen MR) is 109 cm³/mol. The normalized spacial score (nSPS) is 13.3. The molecule has 0 bridgehead atoms. The SMILES string of the molecule is NCCCC[C@@H](COC(=O)O)NC(=O)OCC1c2ccccc2-c2ccccc21. The van der Waals surface area contributed by atoms with Crippen LogP contribution in [0.4, 0.5) is 9.59 Å². The van der Waals surface area contributed by atoms with Crippen LogP contribution in [0.25, 0.3) is 11.1 Å². The quantitative estimate of drug-likeness (QED) is 0.439. The number of amides is 1. The molecule has 3 rings (SSSR count). The van der Waals surface area contributed by atoms with E-state index in [9.17, 15) is 9.59 Å². The molecule has 2 aromatic rings. The molecule has 0 aromatic heterocycles. The number of carbonyl (C=O) groups is 2. The minimum Gasteiger partial charge on any atom is -0.450 e. The van der Waals surface area contributed by atoms with Crippen LogP contribution in [0.3, 0.4) is 0 Å². The second-order valence-corrected chi connectivity index (χ2v) is 7.03. The fraction of sp³-hybridized carbons (Fsp3) is 0.364. The summed E-state index contributed by atoms with van der Waals surface area (Å²) in [5, 5.41) is 11.4. The van der Waals surface area contributed by atoms with E-state index in [2.05, 4.69) is 34.3 Å². The van der Waals surface area contributed by atoms with Gasteiger partial charge in [-0.3, -0.25) is 0 Å². The molecule has 7 heteroatoms. The van der Waals surface area contributed by atoms with Crippen molar-refractivity contribution < 1.29 is 24.2 Å². The maximum absolute atomic E-state index is 12.4. The first-order valence-corrected chi connectivity index (χ1v) is 9.77. The number of nitrogens with one attached hydrogen (secondary N) is 1. The highest BCUT2D eigenvalue weighted by Crippen LogP contribution is 2.44. The Labute approximate surface area is 169 Å². The number of fused-ring (bicyclic) bond motifs is 3. The number of benzene rings is 2. The van der Waals surface area contributed by atoms with Gasteiger partial charge in [-0.25, -0.2) is 9.59 Å². The van der Waals surface area contributed by atoms with Gasteiger partial charge in [0.1, 0.15) is 13.2 Å². The molecule has 1 amide bonds. The van der Waals surface area contributed by atoms with E-state index >= 15 is 0 Å². The number of carboxylic acid groups (broad SMARTS) is 1. The van der Waals surface area contributed by atoms with E-state index in [-0.39, 0.29) is 19.1 Å². The molecular weight excluding hydrogens is 372 g/mol. The highest BCUT2D eigenvalue weighted by molar-refractivity contribution is 5.79. The van der Waals surface area contributed by atoms with Crippen molar-refractivity contribution in [2.75, 3.05) is 19.8 Å². The van der Waals surface area contributed by atoms with Crippen LogP contribution in [0.15, 0.2) is 48.5 Å². The van der Waals surface area contributed by atoms with Crippen molar-refractivity contribution in [2.45, 2.75) is 31.2 Å². The average molecular weight is 398 g/mol. The van der Waals surface area contributed by atoms with E-state index in [0.29, 0.717) is 13.0 Å². The maximum Gasteiger partial charge on any atom is 0.505 e. The van der Waals surface area contributed by atoms with Crippen LogP contribution in [0.1, 0.15) is 36.3 Å². The van der Waals surface area contributed by atoms with Gasteiger partial charge in [0.25, 0.3) is 0 Å². The number of carbonyl (C=O) groups excluding carboxylic acids is 1. The third-order valence-corrected chi connectivity index (χ3v) is 5.08. The Kier molecular flexibility index (Phi) is 7.08. The summed E-state index contributed by atoms with van der Waals surface area (Å²) in [4.78, 5) is 23.0. The third kappa shape index (κ3) is 5.26. The Morgan fingerprint density at radius 2 is 1.62 bits per heavy atom. The van der Waals surface area contributed by atoms with Gasteiger partial charge < -0.3 is 25.6 Å². The van der Waals surface area contributed by atoms with Crippen LogP contribution < -0.4 is 11.1 Å². The summed E-state index contributed by atoms with van der Waals surface area (Å²) in [5.74, 6) is -0.0286. The Balaban J connectivity index is 1.61. The van der Waals surface area contributed by atoms with E-state index in [1.54, 1.807) is 0 Å². The molecule has 0 aliphatic heterocycles. The zero-order valence-corrected chi connectivity index (χ0v) is 16.2. The lowest BCUT2D eigenvalue weighted by Crippen LogP contribution is -2.39. The van der Waals surface area contributed by atoms with Gasteiger partial charge in [0.05, 0.1) is 6.04 Å². The van der Waals surface area contributed by atoms with Crippen molar-refractivity contribution in [3.05, 3.63) is 59.7 Å². The number of nitrogens with two attached hydrogens (primary N) is 1. The molecule has 154 valence electrons. The lowest BCUT2D eigenvalue weighted by Gasteiger charge is -2.19. The molecule has 0 saturated heterocycles. The Morgan fingerprint density at radius 3 is 2.21 bits per heavy atom. The fourth-order valence-electron chi connectivity index (χ4n) is 3.71. The van der Waals surface area contributed by atoms with Crippen molar-refractivity contribution in [3.63, 3.8) is 0 Å². The standard InChI is InChI=1S/C22H26N2O5/c23-12-6-5-7-15(13-29-22(26)27)24-21(25)28-14-20-18-10-3-1-8-16(18)17-9-2-4-11-19(17)20/h1-4,8-11,15,20H,5-7,12-14,23H2,(H,24,25)(H,26,27)/t15-/m0/s1. The van der Waals surface area contributed by atoms with Crippen molar-refractivity contribution in [1.29, 1.82) is 0 Å². The summed E-state index contributed by atoms with van der Waals surface area (Å²) >= 11 is 0. The van der Waals surface area contributed by atoms with Crippen LogP contribution in [0, 0.1) is 0 Å². The summed E-state index contributed by atoms with van der Waals surface area (Å²) in [6, 6.07) is 15.8. The van der Waals surface area contributed by atoms with Gasteiger partial charge in [0.15, 0.2) is 0 Å². The van der Waals surface area contributed by atoms with Crippen molar-refractivity contribution >= 4 is 12.2 Å². The topological polar surface area (TPSA) is 111 Å². The second kappa shape index (κ2) is 9.93. The number of hydrogen-bond donors (Lipinski definition) is 3. The summed E-state index contributed by atoms with van der Waals surface area (Å²) in [5.41, 5.74) is 10.1. The Hall–Kier alpha value is -3.06. The van der Waals surface area contributed by atoms with E-state index in [4.69, 9.17) is 15.6 Å². The molecule has 29 heavy (non-hydrogen) atoms. The van der Waals surface area contributed by atoms with E-state index in [0.717, 1.165) is 35.1 Å². The molecular formula is C22H26N2O5. The molecule has 0 saturated carbocycles. The Bertz CT molecular complexity index is 809. The molecule has 4 N–H and O–H groups in total. The molecule has 0 radical (unpaired) electrons. The first-order valence-electron chi connectivity index (χ1n) is 9.77. The first kappa shape index (κ1) is 20.7. The zero-order valence-electron chi connectivity index (χ0n) is 16.2. The lowest BCUT2D eigenvalue weighted by atomic mass is 9.98. The molecule has 0 fully saturated rings. The monoisotopic (exact) mass is 398 g/mol. The van der Waals surface area contributed by atoms with Gasteiger partial charge in [0, 0.05) is 5.92 Å². The summed E-state index contributed by atoms with van der Waals surface area (Å²) in [6.07, 6.45) is 0.153. The molecule has 1 aliphatic carbocycles. The predicted octanol–water partition coefficient (Wildman–Crippen LogP) is 3.72. The molecule has 1 aliphatic rings. The van der Waals surface area contributed by atoms with Crippen LogP contribution in [0.2, 0.25) is 0 Å². The van der Waals surface area contributed by atoms with Crippen LogP contribution in [0.5, 0.6) is 0 Å². The van der Waals surface area contributed by atoms with Crippen molar-refractivity contribution in [1.82, 2.24) is 5.32 Å². The lowest BCUT2D eigenvalue weighted by molar-refractivity contribution is 0.0774. The third-order valence-electron chi connectivity index (χ3n) is 5.08. The number of alkyl carbamates (subject to hydrolysis) is 1. The molecule has 1 atom stereocenters. The summed E-state index contributed by atoms with van der Waals surface area (Å²) in [6.45, 7) is 0.622. The number of hydrogen-bond acceptors (Lipinski definition) is 5. The van der Waals surface area contributed by atoms with E-state index in [1.807, 2.05) is 24.3 Å². The van der Waals surface area contributed by atoms with Gasteiger partial charge in [-0.2, -0.15) is 0 Å². The van der Waals surface area contributed by atoms with Crippen LogP contribution in [-0.4, -0.2) is 43.2 Å². The zero-order chi connectivity index (χ0) is 20.6. The molecule has 0 spiro atoms. The number of rotatable bonds is 9. The summed E-state index contributed by atoms with van der Waals surface area (Å²) in [7, 11) is 0. The molecule has 0 heterocycles. The Morgan fingerprint density at radius 1 is 1.00 bits per heavy atom. The number of unbranched alkanes of at least 4 members (excludes halogenated alkanes) is 1. The summed E-state index contributed by atoms with van der Waals surface area (Å²) < 4.78 is 10.1. The fourth-order valence-corrected chi connectivity index (χ4v) is 3.71. The minimum absolute atomic E-state index is 0.0286. The minimum atomic E-state index is -1.37. The van der Waals surface area contributed by atoms with Gasteiger partial charge in [-0.1, -0.05) is 55.0 Å². The van der Waals surface area contributed by atoms with Crippen molar-refractivity contribution in [3.8, 4) is 11.1 Å². The number of ether oxygens (including phenoxy) is 2. The average Bonchev–Trinajstić information content (AvgIpc) is 3.04. The van der Waals surface area contributed by atoms with E-state index in [1.165, 1.54) is 0 Å². The van der Waals surface area contributed by atoms with Gasteiger partial charge in [-0.05, 0) is 41.6 Å². The highest BCUT2D eigenvalue weighted by Gasteiger charge is 2.29. The van der Waals surface area contributed by atoms with E-state index < -0.39 is 18.3 Å². The largest absolute Gasteiger partial charge is 0.505 e. The van der Waals surface area contributed by atoms with Gasteiger partial charge >= 0.3 is 12.2 Å². The van der Waals surface area contributed by atoms with Crippen LogP contribution in [-0.2, 0) is 9.47 Å². The first-order chi connectivity index (χ1) is 14.1. The molecule has 2 aromatic carbocycles. The second-order valence-electron chi connectivity index (χ2n) is 7.03. The molecule has 0 unspecified atom stereocenters. The van der Waals surface area contributed by atoms with Crippen LogP contribution >= 0.6 is 0 Å². The highest BCUT2D eigenvalue weighted by atomic mass is 16.7. The van der Waals surface area contributed by atoms with Gasteiger partial charge in [0.2, 0.25) is 0 Å². The van der Waals surface area contributed by atoms with Crippen molar-refractivity contribution in [2.24, 2.45) is 5.73 Å².